The van der Waals surface area contributed by atoms with Crippen molar-refractivity contribution in [3.05, 3.63) is 41.4 Å². The molecule has 1 fully saturated rings. The van der Waals surface area contributed by atoms with E-state index in [1.54, 1.807) is 12.4 Å². The SMILES string of the molecule is CCCOC(=O)C1=C(C)N=C2CC(C)(C)CC(=O)C2C1c1ccncc1. The van der Waals surface area contributed by atoms with Gasteiger partial charge < -0.3 is 4.74 Å². The zero-order chi connectivity index (χ0) is 18.9. The number of esters is 1. The molecule has 0 aromatic carbocycles. The van der Waals surface area contributed by atoms with Crippen LogP contribution < -0.4 is 0 Å². The number of aromatic nitrogens is 1. The molecule has 1 aromatic heterocycles. The fourth-order valence-electron chi connectivity index (χ4n) is 4.06. The Bertz CT molecular complexity index is 778. The van der Waals surface area contributed by atoms with E-state index < -0.39 is 5.92 Å². The molecule has 0 bridgehead atoms. The minimum atomic E-state index is -0.390. The van der Waals surface area contributed by atoms with E-state index >= 15 is 0 Å². The maximum absolute atomic E-state index is 13.0. The number of ether oxygens (including phenoxy) is 1. The number of Topliss-reactive ketones (excluding diaryl/α,β-unsaturated/α-hetero) is 1. The predicted molar refractivity (Wildman–Crippen MR) is 99.9 cm³/mol. The van der Waals surface area contributed by atoms with Gasteiger partial charge in [0.1, 0.15) is 5.78 Å². The average molecular weight is 354 g/mol. The number of hydrogen-bond acceptors (Lipinski definition) is 5. The first-order chi connectivity index (χ1) is 12.3. The highest BCUT2D eigenvalue weighted by molar-refractivity contribution is 6.12. The predicted octanol–water partition coefficient (Wildman–Crippen LogP) is 3.85. The molecule has 0 saturated heterocycles. The lowest BCUT2D eigenvalue weighted by molar-refractivity contribution is -0.139. The summed E-state index contributed by atoms with van der Waals surface area (Å²) in [6, 6.07) is 3.75. The van der Waals surface area contributed by atoms with Gasteiger partial charge >= 0.3 is 5.97 Å². The van der Waals surface area contributed by atoms with Crippen LogP contribution in [0.5, 0.6) is 0 Å². The van der Waals surface area contributed by atoms with E-state index in [9.17, 15) is 9.59 Å². The van der Waals surface area contributed by atoms with Gasteiger partial charge in [0.25, 0.3) is 0 Å². The Labute approximate surface area is 154 Å². The molecule has 1 aromatic rings. The van der Waals surface area contributed by atoms with Gasteiger partial charge in [0.05, 0.1) is 18.1 Å². The molecule has 5 nitrogen and oxygen atoms in total. The topological polar surface area (TPSA) is 68.6 Å². The Hall–Kier alpha value is -2.30. The molecule has 1 saturated carbocycles. The Kier molecular flexibility index (Phi) is 5.08. The Morgan fingerprint density at radius 3 is 2.58 bits per heavy atom. The van der Waals surface area contributed by atoms with Gasteiger partial charge in [0.15, 0.2) is 0 Å². The molecule has 1 aliphatic heterocycles. The Balaban J connectivity index is 2.11. The quantitative estimate of drug-likeness (QED) is 0.770. The largest absolute Gasteiger partial charge is 0.462 e. The molecule has 0 amide bonds. The first kappa shape index (κ1) is 18.5. The van der Waals surface area contributed by atoms with Crippen molar-refractivity contribution in [2.45, 2.75) is 52.9 Å². The van der Waals surface area contributed by atoms with Crippen LogP contribution in [0.1, 0.15) is 58.4 Å². The van der Waals surface area contributed by atoms with Crippen LogP contribution >= 0.6 is 0 Å². The monoisotopic (exact) mass is 354 g/mol. The van der Waals surface area contributed by atoms with Crippen molar-refractivity contribution in [1.29, 1.82) is 0 Å². The zero-order valence-corrected chi connectivity index (χ0v) is 15.9. The number of fused-ring (bicyclic) bond motifs is 1. The van der Waals surface area contributed by atoms with Crippen molar-refractivity contribution in [3.8, 4) is 0 Å². The van der Waals surface area contributed by atoms with Crippen molar-refractivity contribution in [2.75, 3.05) is 6.61 Å². The Morgan fingerprint density at radius 2 is 1.92 bits per heavy atom. The number of aliphatic imine (C=N–C) groups is 1. The second-order valence-corrected chi connectivity index (χ2v) is 7.96. The van der Waals surface area contributed by atoms with Gasteiger partial charge in [-0.05, 0) is 42.9 Å². The van der Waals surface area contributed by atoms with Crippen molar-refractivity contribution >= 4 is 17.5 Å². The van der Waals surface area contributed by atoms with Crippen LogP contribution in [0.4, 0.5) is 0 Å². The van der Waals surface area contributed by atoms with Gasteiger partial charge in [-0.1, -0.05) is 20.8 Å². The minimum absolute atomic E-state index is 0.101. The fourth-order valence-corrected chi connectivity index (χ4v) is 4.06. The molecular formula is C21H26N2O3. The molecular weight excluding hydrogens is 328 g/mol. The number of carbonyl (C=O) groups is 2. The normalized spacial score (nSPS) is 24.8. The highest BCUT2D eigenvalue weighted by atomic mass is 16.5. The van der Waals surface area contributed by atoms with Gasteiger partial charge in [-0.15, -0.1) is 0 Å². The summed E-state index contributed by atoms with van der Waals surface area (Å²) in [4.78, 5) is 34.6. The van der Waals surface area contributed by atoms with Crippen LogP contribution in [0.2, 0.25) is 0 Å². The van der Waals surface area contributed by atoms with E-state index in [0.29, 0.717) is 24.3 Å². The number of carbonyl (C=O) groups excluding carboxylic acids is 2. The number of nitrogens with zero attached hydrogens (tertiary/aromatic N) is 2. The summed E-state index contributed by atoms with van der Waals surface area (Å²) in [7, 11) is 0. The molecule has 0 radical (unpaired) electrons. The maximum atomic E-state index is 13.0. The van der Waals surface area contributed by atoms with Crippen LogP contribution in [-0.2, 0) is 14.3 Å². The number of allylic oxidation sites excluding steroid dienone is 1. The number of ketones is 1. The zero-order valence-electron chi connectivity index (χ0n) is 15.9. The minimum Gasteiger partial charge on any atom is -0.462 e. The summed E-state index contributed by atoms with van der Waals surface area (Å²) >= 11 is 0. The average Bonchev–Trinajstić information content (AvgIpc) is 2.58. The first-order valence-corrected chi connectivity index (χ1v) is 9.22. The molecule has 0 N–H and O–H groups in total. The van der Waals surface area contributed by atoms with Gasteiger partial charge in [-0.2, -0.15) is 0 Å². The van der Waals surface area contributed by atoms with Crippen molar-refractivity contribution < 1.29 is 14.3 Å². The third kappa shape index (κ3) is 3.48. The van der Waals surface area contributed by atoms with E-state index in [0.717, 1.165) is 24.1 Å². The summed E-state index contributed by atoms with van der Waals surface area (Å²) in [6.07, 6.45) is 5.40. The number of hydrogen-bond donors (Lipinski definition) is 0. The first-order valence-electron chi connectivity index (χ1n) is 9.22. The smallest absolute Gasteiger partial charge is 0.336 e. The second-order valence-electron chi connectivity index (χ2n) is 7.96. The third-order valence-corrected chi connectivity index (χ3v) is 5.09. The van der Waals surface area contributed by atoms with Crippen molar-refractivity contribution in [3.63, 3.8) is 0 Å². The molecule has 2 unspecified atom stereocenters. The molecule has 2 atom stereocenters. The standard InChI is InChI=1S/C21H26N2O3/c1-5-10-26-20(25)17-13(2)23-15-11-21(3,4)12-16(24)19(15)18(17)14-6-8-22-9-7-14/h6-9,18-19H,5,10-12H2,1-4H3. The lowest BCUT2D eigenvalue weighted by Crippen LogP contribution is -2.44. The van der Waals surface area contributed by atoms with Gasteiger partial charge in [0, 0.05) is 36.1 Å². The fraction of sp³-hybridized carbons (Fsp3) is 0.524. The lowest BCUT2D eigenvalue weighted by Gasteiger charge is -2.41. The van der Waals surface area contributed by atoms with Crippen LogP contribution in [0, 0.1) is 11.3 Å². The highest BCUT2D eigenvalue weighted by Gasteiger charge is 2.47. The van der Waals surface area contributed by atoms with E-state index in [2.05, 4.69) is 18.8 Å². The van der Waals surface area contributed by atoms with Crippen molar-refractivity contribution in [1.82, 2.24) is 4.98 Å². The maximum Gasteiger partial charge on any atom is 0.336 e. The highest BCUT2D eigenvalue weighted by Crippen LogP contribution is 2.46. The van der Waals surface area contributed by atoms with Gasteiger partial charge in [0.2, 0.25) is 0 Å². The van der Waals surface area contributed by atoms with E-state index in [1.807, 2.05) is 26.0 Å². The lowest BCUT2D eigenvalue weighted by atomic mass is 9.63. The van der Waals surface area contributed by atoms with Crippen LogP contribution in [0.25, 0.3) is 0 Å². The molecule has 1 aliphatic carbocycles. The summed E-state index contributed by atoms with van der Waals surface area (Å²) < 4.78 is 5.42. The molecule has 5 heteroatoms. The molecule has 2 heterocycles. The summed E-state index contributed by atoms with van der Waals surface area (Å²) in [5.41, 5.74) is 2.86. The summed E-state index contributed by atoms with van der Waals surface area (Å²) in [5, 5.41) is 0. The third-order valence-electron chi connectivity index (χ3n) is 5.09. The molecule has 0 spiro atoms. The Morgan fingerprint density at radius 1 is 1.23 bits per heavy atom. The van der Waals surface area contributed by atoms with Gasteiger partial charge in [-0.25, -0.2) is 4.79 Å². The molecule has 26 heavy (non-hydrogen) atoms. The molecule has 2 aliphatic rings. The van der Waals surface area contributed by atoms with Crippen molar-refractivity contribution in [2.24, 2.45) is 16.3 Å². The molecule has 138 valence electrons. The van der Waals surface area contributed by atoms with Crippen LogP contribution in [0.3, 0.4) is 0 Å². The van der Waals surface area contributed by atoms with Crippen LogP contribution in [-0.4, -0.2) is 29.1 Å². The number of pyridine rings is 1. The van der Waals surface area contributed by atoms with Crippen LogP contribution in [0.15, 0.2) is 40.8 Å². The molecule has 3 rings (SSSR count). The summed E-state index contributed by atoms with van der Waals surface area (Å²) in [6.45, 7) is 8.34. The van der Waals surface area contributed by atoms with E-state index in [1.165, 1.54) is 0 Å². The second kappa shape index (κ2) is 7.14. The van der Waals surface area contributed by atoms with E-state index in [4.69, 9.17) is 9.73 Å². The number of rotatable bonds is 4. The van der Waals surface area contributed by atoms with Gasteiger partial charge in [-0.3, -0.25) is 14.8 Å². The van der Waals surface area contributed by atoms with E-state index in [-0.39, 0.29) is 23.1 Å². The summed E-state index contributed by atoms with van der Waals surface area (Å²) in [5.74, 6) is -0.960.